The SMILES string of the molecule is C.C.C.C.C.C.C.C.C.C.C.C.CCC(C)(C)C(=O)OC1(C(C)C)C2CC3CC(C2)CC1C3.CCC(C)(C)C(=O)OC1(C(C)C)CCCC1.CCC(C)(C)C(=O)OC12CC3CC(CC(O)(C3)C1)C2.CCC(C)(C)C(=O)OC12CC3CC(CC(OC(=O)OCC4COC(=O)O4)(C3)C1)C2.CCC(C)(C)C(=O)OC1C2CC3C(=O)OC1C3C2.CCCCCCCCOC(=O)C(C)(C)CC. The Morgan fingerprint density at radius 1 is 0.412 bits per heavy atom. The van der Waals surface area contributed by atoms with Crippen LogP contribution in [0.2, 0.25) is 0 Å². The van der Waals surface area contributed by atoms with Gasteiger partial charge < -0.3 is 57.2 Å². The second-order valence-electron chi connectivity index (χ2n) is 44.6. The number of esters is 7. The van der Waals surface area contributed by atoms with Gasteiger partial charge in [0.1, 0.15) is 53.4 Å². The summed E-state index contributed by atoms with van der Waals surface area (Å²) in [6.45, 7) is 47.1. The summed E-state index contributed by atoms with van der Waals surface area (Å²) in [5, 5.41) is 10.6. The number of rotatable bonds is 29. The number of ether oxygens (including phenoxy) is 11. The van der Waals surface area contributed by atoms with Crippen molar-refractivity contribution in [1.82, 2.24) is 0 Å². The predicted molar refractivity (Wildman–Crippen MR) is 535 cm³/mol. The molecule has 0 aromatic carbocycles. The van der Waals surface area contributed by atoms with Gasteiger partial charge in [0.15, 0.2) is 6.10 Å². The zero-order chi connectivity index (χ0) is 88.1. The van der Waals surface area contributed by atoms with Crippen molar-refractivity contribution in [3.8, 4) is 0 Å². The normalized spacial score (nSPS) is 30.9. The second-order valence-corrected chi connectivity index (χ2v) is 44.6. The van der Waals surface area contributed by atoms with E-state index in [2.05, 4.69) is 46.3 Å². The van der Waals surface area contributed by atoms with Crippen molar-refractivity contribution in [2.75, 3.05) is 19.8 Å². The van der Waals surface area contributed by atoms with Gasteiger partial charge in [-0.05, 0) is 322 Å². The number of hydrogen-bond donors (Lipinski definition) is 1. The summed E-state index contributed by atoms with van der Waals surface area (Å²) in [4.78, 5) is 109. The fourth-order valence-corrected chi connectivity index (χ4v) is 23.1. The summed E-state index contributed by atoms with van der Waals surface area (Å²) >= 11 is 0. The van der Waals surface area contributed by atoms with Gasteiger partial charge in [0.05, 0.1) is 50.6 Å². The van der Waals surface area contributed by atoms with Gasteiger partial charge in [0.25, 0.3) is 0 Å². The maximum atomic E-state index is 12.8. The summed E-state index contributed by atoms with van der Waals surface area (Å²) in [5.41, 5.74) is -4.87. The van der Waals surface area contributed by atoms with Crippen molar-refractivity contribution in [1.29, 1.82) is 0 Å². The zero-order valence-corrected chi connectivity index (χ0v) is 78.2. The van der Waals surface area contributed by atoms with Crippen molar-refractivity contribution in [3.05, 3.63) is 0 Å². The zero-order valence-electron chi connectivity index (χ0n) is 78.2. The Morgan fingerprint density at radius 3 is 1.20 bits per heavy atom. The van der Waals surface area contributed by atoms with Gasteiger partial charge in [-0.25, -0.2) is 9.59 Å². The van der Waals surface area contributed by atoms with Crippen LogP contribution in [0.1, 0.15) is 473 Å². The van der Waals surface area contributed by atoms with E-state index in [0.717, 1.165) is 134 Å². The highest BCUT2D eigenvalue weighted by molar-refractivity contribution is 5.80. The van der Waals surface area contributed by atoms with Gasteiger partial charge in [0.2, 0.25) is 0 Å². The number of unbranched alkanes of at least 4 members (excludes halogenated alkanes) is 5. The fourth-order valence-electron chi connectivity index (χ4n) is 23.1. The van der Waals surface area contributed by atoms with Crippen LogP contribution in [0.25, 0.3) is 0 Å². The van der Waals surface area contributed by atoms with E-state index in [1.54, 1.807) is 0 Å². The summed E-state index contributed by atoms with van der Waals surface area (Å²) in [6, 6.07) is 0. The van der Waals surface area contributed by atoms with Crippen LogP contribution < -0.4 is 0 Å². The molecule has 14 bridgehead atoms. The molecule has 21 nitrogen and oxygen atoms in total. The first-order valence-corrected chi connectivity index (χ1v) is 47.4. The molecule has 17 rings (SSSR count). The lowest BCUT2D eigenvalue weighted by atomic mass is 9.47. The highest BCUT2D eigenvalue weighted by Crippen LogP contribution is 2.65. The van der Waals surface area contributed by atoms with Gasteiger partial charge in [-0.3, -0.25) is 33.6 Å². The minimum absolute atomic E-state index is 0. The van der Waals surface area contributed by atoms with Gasteiger partial charge in [-0.2, -0.15) is 0 Å². The summed E-state index contributed by atoms with van der Waals surface area (Å²) in [5.74, 6) is 5.95. The van der Waals surface area contributed by atoms with Crippen molar-refractivity contribution in [2.45, 2.75) is 525 Å². The highest BCUT2D eigenvalue weighted by Gasteiger charge is 2.66. The molecular formula is C110H210O21. The molecule has 131 heavy (non-hydrogen) atoms. The third kappa shape index (κ3) is 31.1. The van der Waals surface area contributed by atoms with Crippen molar-refractivity contribution in [2.24, 2.45) is 109 Å². The fraction of sp³-hybridized carbons (Fsp3) is 0.918. The number of hydrogen-bond acceptors (Lipinski definition) is 21. The molecule has 21 heteroatoms. The maximum absolute atomic E-state index is 12.8. The van der Waals surface area contributed by atoms with E-state index < -0.39 is 51.5 Å². The maximum Gasteiger partial charge on any atom is 0.508 e. The lowest BCUT2D eigenvalue weighted by Gasteiger charge is -2.62. The Balaban J connectivity index is -0.000000735. The van der Waals surface area contributed by atoms with Gasteiger partial charge in [-0.1, -0.05) is 197 Å². The number of carbonyl (C=O) groups excluding carboxylic acids is 9. The average Bonchev–Trinajstić information content (AvgIpc) is 1.71. The predicted octanol–water partition coefficient (Wildman–Crippen LogP) is 29.4. The third-order valence-electron chi connectivity index (χ3n) is 32.3. The number of carbonyl (C=O) groups is 9. The van der Waals surface area contributed by atoms with Gasteiger partial charge in [0, 0.05) is 24.7 Å². The van der Waals surface area contributed by atoms with E-state index in [1.165, 1.54) is 83.5 Å². The van der Waals surface area contributed by atoms with Crippen molar-refractivity contribution < 1.29 is 100 Å². The average molecular weight is 1870 g/mol. The lowest BCUT2D eigenvalue weighted by Crippen LogP contribution is -2.63. The van der Waals surface area contributed by atoms with E-state index in [-0.39, 0.29) is 195 Å². The molecule has 776 valence electrons. The minimum Gasteiger partial charge on any atom is -0.465 e. The van der Waals surface area contributed by atoms with E-state index in [1.807, 2.05) is 118 Å². The lowest BCUT2D eigenvalue weighted by molar-refractivity contribution is -0.231. The summed E-state index contributed by atoms with van der Waals surface area (Å²) < 4.78 is 61.2. The first-order valence-electron chi connectivity index (χ1n) is 47.4. The molecule has 0 aromatic rings. The monoisotopic (exact) mass is 1870 g/mol. The van der Waals surface area contributed by atoms with E-state index in [4.69, 9.17) is 47.4 Å². The standard InChI is InChI=1S/C21H30O8.C19H32O2.C16H26O3.C14H20O4.C14H26O2.C14H28O2.12CH4/c1-4-19(2,3)16(22)28-20-6-13-5-14(7-20)9-21(8-13,12-20)29-18(24)26-11-15-10-25-17(23)27-15;1-6-18(4,5)17(20)21-19(12(2)3)15-8-13-7-14(10-15)11-16(19)9-13;1-4-14(2,3)13(17)19-16-8-11-5-12(9-16)7-15(18,6-11)10-16;1-4-14(2,3)13(16)18-10-7-5-8-9(6-7)12(15)17-11(8)10;1-6-13(4,5)12(15)16-14(11(2)3)9-7-8-10-14;1-5-7-8-9-10-11-12-16-13(15)14(3,4)6-2;;;;;;;;;;;;/h13-15H,4-12H2,1-3H3;12-16H,6-11H2,1-5H3;11-12,18H,4-10H2,1-3H3;7-11H,4-6H2,1-3H3;11H,6-10H2,1-5H3;5-12H2,1-4H3;12*1H4. The Bertz CT molecular complexity index is 3420. The molecule has 0 spiro atoms. The molecule has 1 N–H and O–H groups in total. The Morgan fingerprint density at radius 2 is 0.794 bits per heavy atom. The molecule has 2 aliphatic heterocycles. The largest absolute Gasteiger partial charge is 0.508 e. The van der Waals surface area contributed by atoms with Gasteiger partial charge in [-0.15, -0.1) is 0 Å². The van der Waals surface area contributed by atoms with E-state index in [0.29, 0.717) is 85.0 Å². The highest BCUT2D eigenvalue weighted by atomic mass is 16.8. The van der Waals surface area contributed by atoms with Gasteiger partial charge >= 0.3 is 54.1 Å². The van der Waals surface area contributed by atoms with Crippen LogP contribution in [0.3, 0.4) is 0 Å². The number of aliphatic hydroxyl groups is 1. The molecule has 17 aliphatic rings. The molecule has 0 aromatic heterocycles. The van der Waals surface area contributed by atoms with Crippen molar-refractivity contribution in [3.63, 3.8) is 0 Å². The molecule has 15 saturated carbocycles. The van der Waals surface area contributed by atoms with Crippen LogP contribution in [-0.2, 0) is 85.7 Å². The van der Waals surface area contributed by atoms with Crippen LogP contribution >= 0.6 is 0 Å². The summed E-state index contributed by atoms with van der Waals surface area (Å²) in [6.07, 6.45) is 33.0. The molecule has 0 radical (unpaired) electrons. The first kappa shape index (κ1) is 132. The van der Waals surface area contributed by atoms with Crippen LogP contribution in [0.15, 0.2) is 0 Å². The molecule has 17 fully saturated rings. The van der Waals surface area contributed by atoms with Crippen LogP contribution in [0.4, 0.5) is 9.59 Å². The number of cyclic esters (lactones) is 2. The molecular weight excluding hydrogens is 1660 g/mol. The first-order chi connectivity index (χ1) is 55.5. The summed E-state index contributed by atoms with van der Waals surface area (Å²) in [7, 11) is 0. The smallest absolute Gasteiger partial charge is 0.465 e. The van der Waals surface area contributed by atoms with Crippen LogP contribution in [0, 0.1) is 109 Å². The number of fused-ring (bicyclic) bond motifs is 1. The van der Waals surface area contributed by atoms with Crippen LogP contribution in [0.5, 0.6) is 0 Å². The van der Waals surface area contributed by atoms with Crippen molar-refractivity contribution >= 4 is 54.1 Å². The topological polar surface area (TPSA) is 275 Å². The third-order valence-corrected chi connectivity index (χ3v) is 32.3. The Labute approximate surface area is 804 Å². The molecule has 0 amide bonds. The Hall–Kier alpha value is -5.21. The minimum atomic E-state index is -0.773. The molecule has 10 unspecified atom stereocenters. The van der Waals surface area contributed by atoms with E-state index >= 15 is 0 Å². The van der Waals surface area contributed by atoms with E-state index in [9.17, 15) is 48.3 Å². The quantitative estimate of drug-likeness (QED) is 0.0414. The van der Waals surface area contributed by atoms with Crippen LogP contribution in [-0.4, -0.2) is 131 Å². The molecule has 15 aliphatic carbocycles. The molecule has 10 atom stereocenters. The molecule has 2 saturated heterocycles. The second kappa shape index (κ2) is 52.5. The molecule has 2 heterocycles. The Kier molecular flexibility index (Phi) is 53.0.